The molecule has 0 aliphatic rings. The van der Waals surface area contributed by atoms with Crippen molar-refractivity contribution in [3.05, 3.63) is 45.2 Å². The van der Waals surface area contributed by atoms with Gasteiger partial charge < -0.3 is 10.1 Å². The van der Waals surface area contributed by atoms with Crippen LogP contribution in [0, 0.1) is 19.7 Å². The lowest BCUT2D eigenvalue weighted by molar-refractivity contribution is 0.297. The molecule has 5 heteroatoms. The summed E-state index contributed by atoms with van der Waals surface area (Å²) in [6, 6.07) is 4.80. The second-order valence-electron chi connectivity index (χ2n) is 5.00. The highest BCUT2D eigenvalue weighted by molar-refractivity contribution is 7.11. The van der Waals surface area contributed by atoms with Gasteiger partial charge in [0.25, 0.3) is 0 Å². The van der Waals surface area contributed by atoms with E-state index in [4.69, 9.17) is 4.74 Å². The van der Waals surface area contributed by atoms with E-state index in [1.54, 1.807) is 17.4 Å². The molecule has 0 saturated heterocycles. The molecule has 0 saturated carbocycles. The molecule has 1 unspecified atom stereocenters. The lowest BCUT2D eigenvalue weighted by Crippen LogP contribution is -2.18. The summed E-state index contributed by atoms with van der Waals surface area (Å²) < 4.78 is 19.3. The average Bonchev–Trinajstić information content (AvgIpc) is 2.76. The minimum absolute atomic E-state index is 0.116. The van der Waals surface area contributed by atoms with Crippen molar-refractivity contribution in [2.75, 3.05) is 6.54 Å². The molecule has 1 N–H and O–H groups in total. The van der Waals surface area contributed by atoms with Gasteiger partial charge in [-0.1, -0.05) is 13.0 Å². The van der Waals surface area contributed by atoms with Crippen LogP contribution in [0.4, 0.5) is 4.39 Å². The fraction of sp³-hybridized carbons (Fsp3) is 0.438. The summed E-state index contributed by atoms with van der Waals surface area (Å²) in [6.07, 6.45) is 0. The molecular formula is C16H21FN2OS. The third kappa shape index (κ3) is 4.02. The number of hydrogen-bond donors (Lipinski definition) is 1. The quantitative estimate of drug-likeness (QED) is 0.870. The van der Waals surface area contributed by atoms with E-state index >= 15 is 0 Å². The van der Waals surface area contributed by atoms with Crippen LogP contribution in [-0.2, 0) is 6.61 Å². The maximum Gasteiger partial charge on any atom is 0.140 e. The number of hydrogen-bond acceptors (Lipinski definition) is 4. The van der Waals surface area contributed by atoms with Gasteiger partial charge in [-0.05, 0) is 33.4 Å². The van der Waals surface area contributed by atoms with Crippen LogP contribution < -0.4 is 10.1 Å². The normalized spacial score (nSPS) is 12.4. The highest BCUT2D eigenvalue weighted by Crippen LogP contribution is 2.27. The molecule has 114 valence electrons. The number of aromatic nitrogens is 1. The zero-order valence-corrected chi connectivity index (χ0v) is 13.7. The van der Waals surface area contributed by atoms with E-state index in [1.165, 1.54) is 17.0 Å². The van der Waals surface area contributed by atoms with Crippen molar-refractivity contribution in [2.45, 2.75) is 40.3 Å². The van der Waals surface area contributed by atoms with Gasteiger partial charge in [-0.25, -0.2) is 9.37 Å². The number of rotatable bonds is 6. The van der Waals surface area contributed by atoms with Gasteiger partial charge in [-0.15, -0.1) is 11.3 Å². The number of halogens is 1. The molecule has 2 aromatic rings. The number of ether oxygens (including phenoxy) is 1. The Kier molecular flexibility index (Phi) is 5.31. The highest BCUT2D eigenvalue weighted by Gasteiger charge is 2.13. The first-order chi connectivity index (χ1) is 10.0. The Morgan fingerprint density at radius 3 is 2.76 bits per heavy atom. The average molecular weight is 308 g/mol. The predicted molar refractivity (Wildman–Crippen MR) is 84.4 cm³/mol. The monoisotopic (exact) mass is 308 g/mol. The standard InChI is InChI=1S/C16H21FN2OS/c1-5-18-11(3)14-7-6-13(17)8-15(14)20-9-16-19-10(2)12(4)21-16/h6-8,11,18H,5,9H2,1-4H3. The summed E-state index contributed by atoms with van der Waals surface area (Å²) in [7, 11) is 0. The van der Waals surface area contributed by atoms with Crippen LogP contribution in [0.3, 0.4) is 0 Å². The van der Waals surface area contributed by atoms with Crippen LogP contribution in [0.5, 0.6) is 5.75 Å². The van der Waals surface area contributed by atoms with Crippen LogP contribution in [0.2, 0.25) is 0 Å². The van der Waals surface area contributed by atoms with E-state index in [0.717, 1.165) is 22.8 Å². The molecule has 1 aromatic heterocycles. The van der Waals surface area contributed by atoms with Gasteiger partial charge in [0.2, 0.25) is 0 Å². The van der Waals surface area contributed by atoms with Gasteiger partial charge in [-0.3, -0.25) is 0 Å². The molecule has 0 bridgehead atoms. The Bertz CT molecular complexity index is 593. The molecule has 0 aliphatic carbocycles. The van der Waals surface area contributed by atoms with E-state index in [1.807, 2.05) is 27.7 Å². The van der Waals surface area contributed by atoms with Crippen LogP contribution >= 0.6 is 11.3 Å². The number of aryl methyl sites for hydroxylation is 2. The van der Waals surface area contributed by atoms with E-state index in [0.29, 0.717) is 12.4 Å². The third-order valence-electron chi connectivity index (χ3n) is 3.38. The Morgan fingerprint density at radius 1 is 1.38 bits per heavy atom. The summed E-state index contributed by atoms with van der Waals surface area (Å²) in [5, 5.41) is 4.23. The Morgan fingerprint density at radius 2 is 2.14 bits per heavy atom. The molecule has 1 heterocycles. The van der Waals surface area contributed by atoms with E-state index in [-0.39, 0.29) is 11.9 Å². The van der Waals surface area contributed by atoms with E-state index < -0.39 is 0 Å². The molecule has 0 radical (unpaired) electrons. The summed E-state index contributed by atoms with van der Waals surface area (Å²) in [4.78, 5) is 5.63. The first-order valence-corrected chi connectivity index (χ1v) is 7.91. The molecule has 0 spiro atoms. The summed E-state index contributed by atoms with van der Waals surface area (Å²) in [5.41, 5.74) is 1.99. The van der Waals surface area contributed by atoms with Crippen LogP contribution in [-0.4, -0.2) is 11.5 Å². The van der Waals surface area contributed by atoms with Gasteiger partial charge in [-0.2, -0.15) is 0 Å². The topological polar surface area (TPSA) is 34.1 Å². The SMILES string of the molecule is CCNC(C)c1ccc(F)cc1OCc1nc(C)c(C)s1. The Labute approximate surface area is 129 Å². The van der Waals surface area contributed by atoms with Gasteiger partial charge >= 0.3 is 0 Å². The van der Waals surface area contributed by atoms with Crippen molar-refractivity contribution in [1.82, 2.24) is 10.3 Å². The van der Waals surface area contributed by atoms with Crippen molar-refractivity contribution in [3.8, 4) is 5.75 Å². The fourth-order valence-corrected chi connectivity index (χ4v) is 2.99. The van der Waals surface area contributed by atoms with Crippen molar-refractivity contribution >= 4 is 11.3 Å². The van der Waals surface area contributed by atoms with Crippen molar-refractivity contribution in [2.24, 2.45) is 0 Å². The molecule has 3 nitrogen and oxygen atoms in total. The lowest BCUT2D eigenvalue weighted by atomic mass is 10.1. The third-order valence-corrected chi connectivity index (χ3v) is 4.42. The maximum atomic E-state index is 13.5. The first-order valence-electron chi connectivity index (χ1n) is 7.09. The van der Waals surface area contributed by atoms with Gasteiger partial charge in [0, 0.05) is 22.5 Å². The number of benzene rings is 1. The van der Waals surface area contributed by atoms with Gasteiger partial charge in [0.05, 0.1) is 5.69 Å². The van der Waals surface area contributed by atoms with Crippen molar-refractivity contribution in [1.29, 1.82) is 0 Å². The zero-order chi connectivity index (χ0) is 15.4. The van der Waals surface area contributed by atoms with Crippen LogP contribution in [0.15, 0.2) is 18.2 Å². The van der Waals surface area contributed by atoms with Crippen molar-refractivity contribution in [3.63, 3.8) is 0 Å². The highest BCUT2D eigenvalue weighted by atomic mass is 32.1. The minimum atomic E-state index is -0.288. The molecule has 2 rings (SSSR count). The Balaban J connectivity index is 2.16. The minimum Gasteiger partial charge on any atom is -0.486 e. The number of nitrogens with one attached hydrogen (secondary N) is 1. The van der Waals surface area contributed by atoms with Crippen LogP contribution in [0.1, 0.15) is 41.0 Å². The first kappa shape index (κ1) is 15.9. The predicted octanol–water partition coefficient (Wildman–Crippen LogP) is 4.15. The molecule has 1 atom stereocenters. The molecule has 0 fully saturated rings. The Hall–Kier alpha value is -1.46. The summed E-state index contributed by atoms with van der Waals surface area (Å²) >= 11 is 1.62. The van der Waals surface area contributed by atoms with E-state index in [2.05, 4.69) is 10.3 Å². The molecule has 0 aliphatic heterocycles. The van der Waals surface area contributed by atoms with E-state index in [9.17, 15) is 4.39 Å². The molecule has 1 aromatic carbocycles. The largest absolute Gasteiger partial charge is 0.486 e. The second-order valence-corrected chi connectivity index (χ2v) is 6.29. The number of nitrogens with zero attached hydrogens (tertiary/aromatic N) is 1. The molecule has 21 heavy (non-hydrogen) atoms. The molecule has 0 amide bonds. The summed E-state index contributed by atoms with van der Waals surface area (Å²) in [6.45, 7) is 9.33. The lowest BCUT2D eigenvalue weighted by Gasteiger charge is -2.17. The maximum absolute atomic E-state index is 13.5. The van der Waals surface area contributed by atoms with Gasteiger partial charge in [0.1, 0.15) is 23.2 Å². The van der Waals surface area contributed by atoms with Crippen molar-refractivity contribution < 1.29 is 9.13 Å². The molecular weight excluding hydrogens is 287 g/mol. The van der Waals surface area contributed by atoms with Crippen LogP contribution in [0.25, 0.3) is 0 Å². The van der Waals surface area contributed by atoms with Gasteiger partial charge in [0.15, 0.2) is 0 Å². The smallest absolute Gasteiger partial charge is 0.140 e. The number of thiazole rings is 1. The zero-order valence-electron chi connectivity index (χ0n) is 12.9. The summed E-state index contributed by atoms with van der Waals surface area (Å²) in [5.74, 6) is 0.290. The second kappa shape index (κ2) is 7.00. The fourth-order valence-electron chi connectivity index (χ4n) is 2.15.